The Morgan fingerprint density at radius 1 is 1.00 bits per heavy atom. The molecule has 2 atom stereocenters. The standard InChI is InChI=1S/C30H35N3O6S/c1-19(34)40-18-24(14-20-10-6-5-7-11-20)27(36)31-33-28(37)26(23-15-21-12-8-9-13-22(21)16-23)32(29(33)38)17-25(35)39-30(2,3)4/h5-13,23-24,26H,14-18H2,1-4H3,(H,31,36). The molecule has 10 heteroatoms. The van der Waals surface area contributed by atoms with E-state index in [2.05, 4.69) is 5.43 Å². The molecule has 2 aliphatic rings. The Morgan fingerprint density at radius 2 is 1.60 bits per heavy atom. The van der Waals surface area contributed by atoms with Crippen LogP contribution < -0.4 is 5.43 Å². The van der Waals surface area contributed by atoms with Gasteiger partial charge in [0.05, 0.1) is 5.92 Å². The molecule has 1 aliphatic heterocycles. The van der Waals surface area contributed by atoms with Crippen LogP contribution in [0.15, 0.2) is 54.6 Å². The normalized spacial score (nSPS) is 18.1. The highest BCUT2D eigenvalue weighted by molar-refractivity contribution is 8.13. The molecule has 1 saturated heterocycles. The average molecular weight is 566 g/mol. The quantitative estimate of drug-likeness (QED) is 0.366. The second-order valence-electron chi connectivity index (χ2n) is 11.2. The van der Waals surface area contributed by atoms with Crippen LogP contribution in [0.4, 0.5) is 4.79 Å². The zero-order valence-corrected chi connectivity index (χ0v) is 24.0. The molecule has 0 bridgehead atoms. The Morgan fingerprint density at radius 3 is 2.17 bits per heavy atom. The van der Waals surface area contributed by atoms with Gasteiger partial charge in [0.25, 0.3) is 5.91 Å². The maximum absolute atomic E-state index is 13.8. The van der Waals surface area contributed by atoms with E-state index in [0.717, 1.165) is 33.5 Å². The molecular weight excluding hydrogens is 530 g/mol. The fourth-order valence-electron chi connectivity index (χ4n) is 5.21. The van der Waals surface area contributed by atoms with Crippen molar-refractivity contribution in [2.45, 2.75) is 58.6 Å². The smallest absolute Gasteiger partial charge is 0.347 e. The molecule has 212 valence electrons. The number of nitrogens with zero attached hydrogens (tertiary/aromatic N) is 2. The zero-order chi connectivity index (χ0) is 29.0. The summed E-state index contributed by atoms with van der Waals surface area (Å²) in [5.41, 5.74) is 4.83. The van der Waals surface area contributed by atoms with Gasteiger partial charge >= 0.3 is 12.0 Å². The zero-order valence-electron chi connectivity index (χ0n) is 23.2. The minimum absolute atomic E-state index is 0.136. The minimum Gasteiger partial charge on any atom is -0.459 e. The van der Waals surface area contributed by atoms with Crippen LogP contribution in [0.3, 0.4) is 0 Å². The lowest BCUT2D eigenvalue weighted by atomic mass is 9.95. The van der Waals surface area contributed by atoms with Crippen LogP contribution in [0.2, 0.25) is 0 Å². The summed E-state index contributed by atoms with van der Waals surface area (Å²) in [4.78, 5) is 66.4. The monoisotopic (exact) mass is 565 g/mol. The van der Waals surface area contributed by atoms with Crippen LogP contribution in [0.1, 0.15) is 44.4 Å². The van der Waals surface area contributed by atoms with Crippen molar-refractivity contribution in [2.75, 3.05) is 12.3 Å². The summed E-state index contributed by atoms with van der Waals surface area (Å²) in [6.45, 7) is 6.19. The first kappa shape index (κ1) is 29.3. The largest absolute Gasteiger partial charge is 0.459 e. The van der Waals surface area contributed by atoms with Gasteiger partial charge in [-0.2, -0.15) is 5.01 Å². The predicted octanol–water partition coefficient (Wildman–Crippen LogP) is 3.55. The summed E-state index contributed by atoms with van der Waals surface area (Å²) in [5.74, 6) is -2.51. The molecule has 2 unspecified atom stereocenters. The van der Waals surface area contributed by atoms with Crippen molar-refractivity contribution < 1.29 is 28.7 Å². The van der Waals surface area contributed by atoms with Gasteiger partial charge < -0.3 is 4.74 Å². The number of carbonyl (C=O) groups excluding carboxylic acids is 5. The number of esters is 1. The molecule has 1 N–H and O–H groups in total. The van der Waals surface area contributed by atoms with Crippen molar-refractivity contribution in [3.8, 4) is 0 Å². The number of benzene rings is 2. The number of fused-ring (bicyclic) bond motifs is 1. The number of urea groups is 1. The van der Waals surface area contributed by atoms with E-state index in [1.54, 1.807) is 20.8 Å². The number of hydrogen-bond acceptors (Lipinski definition) is 7. The first-order chi connectivity index (χ1) is 18.9. The van der Waals surface area contributed by atoms with Crippen molar-refractivity contribution in [1.29, 1.82) is 0 Å². The van der Waals surface area contributed by atoms with E-state index < -0.39 is 47.9 Å². The van der Waals surface area contributed by atoms with Gasteiger partial charge in [-0.3, -0.25) is 29.5 Å². The van der Waals surface area contributed by atoms with Gasteiger partial charge in [0.15, 0.2) is 5.12 Å². The molecule has 0 radical (unpaired) electrons. The van der Waals surface area contributed by atoms with Crippen LogP contribution in [-0.4, -0.2) is 62.8 Å². The second-order valence-corrected chi connectivity index (χ2v) is 12.4. The van der Waals surface area contributed by atoms with Crippen molar-refractivity contribution in [3.63, 3.8) is 0 Å². The van der Waals surface area contributed by atoms with E-state index in [1.165, 1.54) is 11.8 Å². The molecular formula is C30H35N3O6S. The van der Waals surface area contributed by atoms with Crippen LogP contribution in [0.5, 0.6) is 0 Å². The number of thioether (sulfide) groups is 1. The van der Waals surface area contributed by atoms with Gasteiger partial charge in [-0.05, 0) is 62.6 Å². The highest BCUT2D eigenvalue weighted by Gasteiger charge is 2.51. The first-order valence-corrected chi connectivity index (χ1v) is 14.3. The van der Waals surface area contributed by atoms with Gasteiger partial charge in [-0.25, -0.2) is 4.79 Å². The molecule has 4 rings (SSSR count). The van der Waals surface area contributed by atoms with Gasteiger partial charge in [-0.1, -0.05) is 66.4 Å². The van der Waals surface area contributed by atoms with E-state index in [4.69, 9.17) is 4.74 Å². The molecule has 1 fully saturated rings. The van der Waals surface area contributed by atoms with Crippen molar-refractivity contribution in [3.05, 3.63) is 71.3 Å². The van der Waals surface area contributed by atoms with Crippen LogP contribution in [0, 0.1) is 11.8 Å². The molecule has 4 amide bonds. The number of amides is 4. The number of carbonyl (C=O) groups is 5. The molecule has 1 heterocycles. The number of rotatable bonds is 9. The number of imide groups is 1. The summed E-state index contributed by atoms with van der Waals surface area (Å²) in [6, 6.07) is 15.5. The molecule has 0 saturated carbocycles. The van der Waals surface area contributed by atoms with E-state index >= 15 is 0 Å². The van der Waals surface area contributed by atoms with E-state index in [0.29, 0.717) is 19.3 Å². The summed E-state index contributed by atoms with van der Waals surface area (Å²) in [6.07, 6.45) is 1.46. The summed E-state index contributed by atoms with van der Waals surface area (Å²) < 4.78 is 5.45. The highest BCUT2D eigenvalue weighted by atomic mass is 32.2. The lowest BCUT2D eigenvalue weighted by Gasteiger charge is -2.27. The number of ether oxygens (including phenoxy) is 1. The average Bonchev–Trinajstić information content (AvgIpc) is 3.40. The molecule has 2 aromatic carbocycles. The van der Waals surface area contributed by atoms with Crippen LogP contribution in [-0.2, 0) is 43.2 Å². The lowest BCUT2D eigenvalue weighted by Crippen LogP contribution is -2.50. The Balaban J connectivity index is 1.56. The molecule has 0 spiro atoms. The lowest BCUT2D eigenvalue weighted by molar-refractivity contribution is -0.155. The SMILES string of the molecule is CC(=O)SCC(Cc1ccccc1)C(=O)NN1C(=O)C(C2Cc3ccccc3C2)N(CC(=O)OC(C)(C)C)C1=O. The van der Waals surface area contributed by atoms with Gasteiger partial charge in [0, 0.05) is 12.7 Å². The Kier molecular flexibility index (Phi) is 8.98. The van der Waals surface area contributed by atoms with E-state index in [9.17, 15) is 24.0 Å². The topological polar surface area (TPSA) is 113 Å². The minimum atomic E-state index is -0.938. The predicted molar refractivity (Wildman–Crippen MR) is 151 cm³/mol. The molecule has 40 heavy (non-hydrogen) atoms. The van der Waals surface area contributed by atoms with Crippen LogP contribution >= 0.6 is 11.8 Å². The Bertz CT molecular complexity index is 1270. The number of hydrazine groups is 1. The number of hydrogen-bond donors (Lipinski definition) is 1. The third-order valence-corrected chi connectivity index (χ3v) is 7.88. The van der Waals surface area contributed by atoms with E-state index in [-0.39, 0.29) is 16.8 Å². The molecule has 9 nitrogen and oxygen atoms in total. The molecule has 1 aliphatic carbocycles. The molecule has 0 aromatic heterocycles. The third-order valence-electron chi connectivity index (χ3n) is 6.90. The summed E-state index contributed by atoms with van der Waals surface area (Å²) in [7, 11) is 0. The first-order valence-electron chi connectivity index (χ1n) is 13.3. The molecule has 2 aromatic rings. The van der Waals surface area contributed by atoms with Crippen molar-refractivity contribution in [2.24, 2.45) is 11.8 Å². The fraction of sp³-hybridized carbons (Fsp3) is 0.433. The van der Waals surface area contributed by atoms with Gasteiger partial charge in [0.1, 0.15) is 18.2 Å². The maximum atomic E-state index is 13.8. The Labute approximate surface area is 238 Å². The summed E-state index contributed by atoms with van der Waals surface area (Å²) in [5, 5.41) is 0.597. The number of nitrogens with one attached hydrogen (secondary N) is 1. The van der Waals surface area contributed by atoms with Crippen LogP contribution in [0.25, 0.3) is 0 Å². The maximum Gasteiger partial charge on any atom is 0.347 e. The van der Waals surface area contributed by atoms with Gasteiger partial charge in [0.2, 0.25) is 5.91 Å². The fourth-order valence-corrected chi connectivity index (χ4v) is 5.91. The summed E-state index contributed by atoms with van der Waals surface area (Å²) >= 11 is 1.01. The highest BCUT2D eigenvalue weighted by Crippen LogP contribution is 2.34. The van der Waals surface area contributed by atoms with Crippen molar-refractivity contribution >= 4 is 40.7 Å². The van der Waals surface area contributed by atoms with E-state index in [1.807, 2.05) is 54.6 Å². The Hall–Kier alpha value is -3.66. The van der Waals surface area contributed by atoms with Crippen molar-refractivity contribution in [1.82, 2.24) is 15.3 Å². The van der Waals surface area contributed by atoms with Gasteiger partial charge in [-0.15, -0.1) is 0 Å². The second kappa shape index (κ2) is 12.2. The third kappa shape index (κ3) is 7.10.